The van der Waals surface area contributed by atoms with Crippen molar-refractivity contribution in [2.75, 3.05) is 0 Å². The molecular formula is C22H19NO2. The molecule has 2 atom stereocenters. The molecule has 1 heterocycles. The number of aromatic amines is 1. The lowest BCUT2D eigenvalue weighted by Gasteiger charge is -2.27. The first kappa shape index (κ1) is 15.6. The van der Waals surface area contributed by atoms with Crippen molar-refractivity contribution in [1.29, 1.82) is 0 Å². The van der Waals surface area contributed by atoms with Crippen LogP contribution in [0.25, 0.3) is 17.0 Å². The van der Waals surface area contributed by atoms with E-state index in [0.29, 0.717) is 12.8 Å². The van der Waals surface area contributed by atoms with Crippen molar-refractivity contribution < 1.29 is 4.79 Å². The number of para-hydroxylation sites is 1. The number of H-pyrrole nitrogens is 1. The molecule has 0 amide bonds. The van der Waals surface area contributed by atoms with Gasteiger partial charge in [0, 0.05) is 22.9 Å². The summed E-state index contributed by atoms with van der Waals surface area (Å²) in [7, 11) is 0. The Bertz CT molecular complexity index is 1000. The molecule has 0 aliphatic heterocycles. The number of hydrogen-bond acceptors (Lipinski definition) is 2. The fraction of sp³-hybridized carbons (Fsp3) is 0.182. The van der Waals surface area contributed by atoms with E-state index in [-0.39, 0.29) is 17.4 Å². The second-order valence-corrected chi connectivity index (χ2v) is 6.54. The second-order valence-electron chi connectivity index (χ2n) is 6.54. The lowest BCUT2D eigenvalue weighted by molar-refractivity contribution is -0.108. The lowest BCUT2D eigenvalue weighted by Crippen LogP contribution is -2.24. The van der Waals surface area contributed by atoms with E-state index in [1.54, 1.807) is 0 Å². The van der Waals surface area contributed by atoms with Crippen LogP contribution in [0, 0.1) is 5.92 Å². The van der Waals surface area contributed by atoms with E-state index in [4.69, 9.17) is 0 Å². The van der Waals surface area contributed by atoms with Gasteiger partial charge in [0.2, 0.25) is 0 Å². The molecule has 0 fully saturated rings. The number of hydrogen-bond donors (Lipinski definition) is 1. The second kappa shape index (κ2) is 6.52. The summed E-state index contributed by atoms with van der Waals surface area (Å²) in [5, 5.41) is 1.07. The minimum Gasteiger partial charge on any atom is -0.322 e. The van der Waals surface area contributed by atoms with Gasteiger partial charge in [-0.3, -0.25) is 4.79 Å². The molecule has 0 spiro atoms. The number of rotatable bonds is 4. The average Bonchev–Trinajstić information content (AvgIpc) is 2.67. The molecule has 4 rings (SSSR count). The number of aromatic nitrogens is 1. The molecule has 3 aromatic rings. The Morgan fingerprint density at radius 3 is 2.64 bits per heavy atom. The fourth-order valence-corrected chi connectivity index (χ4v) is 3.86. The minimum atomic E-state index is -0.0269. The topological polar surface area (TPSA) is 49.9 Å². The Balaban J connectivity index is 1.78. The van der Waals surface area contributed by atoms with Crippen molar-refractivity contribution in [3.8, 4) is 0 Å². The first-order chi connectivity index (χ1) is 12.3. The fourth-order valence-electron chi connectivity index (χ4n) is 3.86. The number of carbonyl (C=O) groups is 1. The van der Waals surface area contributed by atoms with Gasteiger partial charge in [0.15, 0.2) is 0 Å². The molecule has 0 unspecified atom stereocenters. The van der Waals surface area contributed by atoms with Crippen LogP contribution >= 0.6 is 0 Å². The van der Waals surface area contributed by atoms with Gasteiger partial charge in [0.05, 0.1) is 0 Å². The van der Waals surface area contributed by atoms with Crippen LogP contribution in [0.4, 0.5) is 0 Å². The molecule has 25 heavy (non-hydrogen) atoms. The molecule has 1 aliphatic carbocycles. The molecule has 1 N–H and O–H groups in total. The number of allylic oxidation sites excluding steroid dienone is 1. The van der Waals surface area contributed by atoms with Gasteiger partial charge < -0.3 is 9.78 Å². The van der Waals surface area contributed by atoms with Gasteiger partial charge in [-0.05, 0) is 35.4 Å². The zero-order chi connectivity index (χ0) is 17.2. The highest BCUT2D eigenvalue weighted by Crippen LogP contribution is 2.35. The first-order valence-corrected chi connectivity index (χ1v) is 8.58. The van der Waals surface area contributed by atoms with Crippen LogP contribution in [0.1, 0.15) is 29.0 Å². The highest BCUT2D eigenvalue weighted by molar-refractivity contribution is 5.89. The summed E-state index contributed by atoms with van der Waals surface area (Å²) in [6.07, 6.45) is 6.31. The van der Waals surface area contributed by atoms with E-state index in [1.807, 2.05) is 42.5 Å². The van der Waals surface area contributed by atoms with Gasteiger partial charge in [0.25, 0.3) is 5.56 Å². The smallest absolute Gasteiger partial charge is 0.252 e. The highest BCUT2D eigenvalue weighted by Gasteiger charge is 2.26. The number of nitrogens with one attached hydrogen (secondary N) is 1. The van der Waals surface area contributed by atoms with Crippen LogP contribution < -0.4 is 5.56 Å². The number of pyridine rings is 1. The Morgan fingerprint density at radius 1 is 1.08 bits per heavy atom. The van der Waals surface area contributed by atoms with E-state index < -0.39 is 0 Å². The third kappa shape index (κ3) is 2.82. The summed E-state index contributed by atoms with van der Waals surface area (Å²) in [4.78, 5) is 26.8. The predicted molar refractivity (Wildman–Crippen MR) is 101 cm³/mol. The van der Waals surface area contributed by atoms with Gasteiger partial charge in [0.1, 0.15) is 6.29 Å². The van der Waals surface area contributed by atoms with Crippen LogP contribution in [0.2, 0.25) is 0 Å². The quantitative estimate of drug-likeness (QED) is 0.733. The highest BCUT2D eigenvalue weighted by atomic mass is 16.1. The number of fused-ring (bicyclic) bond motifs is 3. The zero-order valence-corrected chi connectivity index (χ0v) is 13.8. The summed E-state index contributed by atoms with van der Waals surface area (Å²) < 4.78 is 0. The van der Waals surface area contributed by atoms with Gasteiger partial charge >= 0.3 is 0 Å². The zero-order valence-electron chi connectivity index (χ0n) is 13.8. The Kier molecular flexibility index (Phi) is 4.06. The van der Waals surface area contributed by atoms with Crippen molar-refractivity contribution in [1.82, 2.24) is 4.98 Å². The van der Waals surface area contributed by atoms with E-state index >= 15 is 0 Å². The third-order valence-electron chi connectivity index (χ3n) is 5.11. The summed E-state index contributed by atoms with van der Waals surface area (Å²) >= 11 is 0. The number of benzene rings is 2. The van der Waals surface area contributed by atoms with Crippen LogP contribution in [0.5, 0.6) is 0 Å². The van der Waals surface area contributed by atoms with E-state index in [2.05, 4.69) is 29.3 Å². The Morgan fingerprint density at radius 2 is 1.84 bits per heavy atom. The van der Waals surface area contributed by atoms with Crippen molar-refractivity contribution in [3.05, 3.63) is 87.7 Å². The average molecular weight is 329 g/mol. The monoisotopic (exact) mass is 329 g/mol. The molecule has 0 bridgehead atoms. The molecule has 0 radical (unpaired) electrons. The molecule has 1 aromatic heterocycles. The summed E-state index contributed by atoms with van der Waals surface area (Å²) in [6, 6.07) is 18.0. The summed E-state index contributed by atoms with van der Waals surface area (Å²) in [6.45, 7) is 0. The first-order valence-electron chi connectivity index (χ1n) is 8.58. The molecule has 1 aliphatic rings. The Labute approximate surface area is 146 Å². The van der Waals surface area contributed by atoms with Gasteiger partial charge in [-0.15, -0.1) is 0 Å². The van der Waals surface area contributed by atoms with E-state index in [0.717, 1.165) is 33.9 Å². The normalized spacial score (nSPS) is 17.2. The lowest BCUT2D eigenvalue weighted by atomic mass is 9.77. The van der Waals surface area contributed by atoms with Crippen molar-refractivity contribution >= 4 is 23.3 Å². The third-order valence-corrected chi connectivity index (χ3v) is 5.11. The van der Waals surface area contributed by atoms with Gasteiger partial charge in [-0.1, -0.05) is 60.7 Å². The van der Waals surface area contributed by atoms with Gasteiger partial charge in [-0.2, -0.15) is 0 Å². The number of carbonyl (C=O) groups excluding carboxylic acids is 1. The van der Waals surface area contributed by atoms with Crippen molar-refractivity contribution in [2.24, 2.45) is 5.92 Å². The van der Waals surface area contributed by atoms with E-state index in [1.165, 1.54) is 0 Å². The molecule has 2 aromatic carbocycles. The van der Waals surface area contributed by atoms with Crippen LogP contribution in [0.15, 0.2) is 65.5 Å². The van der Waals surface area contributed by atoms with Crippen molar-refractivity contribution in [3.63, 3.8) is 0 Å². The maximum atomic E-state index is 12.6. The molecule has 3 nitrogen and oxygen atoms in total. The summed E-state index contributed by atoms with van der Waals surface area (Å²) in [5.41, 5.74) is 3.80. The van der Waals surface area contributed by atoms with Gasteiger partial charge in [-0.25, -0.2) is 0 Å². The molecule has 0 saturated heterocycles. The van der Waals surface area contributed by atoms with Crippen LogP contribution in [-0.2, 0) is 11.2 Å². The minimum absolute atomic E-state index is 0.0269. The van der Waals surface area contributed by atoms with Crippen LogP contribution in [-0.4, -0.2) is 11.3 Å². The molecular weight excluding hydrogens is 310 g/mol. The van der Waals surface area contributed by atoms with Crippen LogP contribution in [0.3, 0.4) is 0 Å². The molecule has 124 valence electrons. The predicted octanol–water partition coefficient (Wildman–Crippen LogP) is 4.09. The summed E-state index contributed by atoms with van der Waals surface area (Å²) in [5.74, 6) is 0.233. The largest absolute Gasteiger partial charge is 0.322 e. The Hall–Kier alpha value is -2.94. The SMILES string of the molecule is O=CC[C@H](c1ccccc1)[C@H]1C=Cc2c(c(=O)[nH]c3ccccc23)C1. The maximum absolute atomic E-state index is 12.6. The van der Waals surface area contributed by atoms with Crippen molar-refractivity contribution in [2.45, 2.75) is 18.8 Å². The number of aldehydes is 1. The standard InChI is InChI=1S/C22H19NO2/c24-13-12-17(15-6-2-1-3-7-15)16-10-11-18-19-8-4-5-9-21(19)23-22(25)20(18)14-16/h1-11,13,16-17H,12,14H2,(H,23,25)/t16-,17+/m0/s1. The maximum Gasteiger partial charge on any atom is 0.252 e. The molecule has 3 heteroatoms. The molecule has 0 saturated carbocycles. The van der Waals surface area contributed by atoms with E-state index in [9.17, 15) is 9.59 Å².